The zero-order chi connectivity index (χ0) is 19.8. The van der Waals surface area contributed by atoms with Gasteiger partial charge in [-0.15, -0.1) is 0 Å². The van der Waals surface area contributed by atoms with Gasteiger partial charge < -0.3 is 5.11 Å². The van der Waals surface area contributed by atoms with Crippen molar-refractivity contribution in [3.63, 3.8) is 0 Å². The minimum absolute atomic E-state index is 0.679. The molecule has 0 heterocycles. The highest BCUT2D eigenvalue weighted by molar-refractivity contribution is 6.33. The van der Waals surface area contributed by atoms with Crippen LogP contribution in [0.3, 0.4) is 0 Å². The summed E-state index contributed by atoms with van der Waals surface area (Å²) >= 11 is 6.57. The lowest BCUT2D eigenvalue weighted by molar-refractivity contribution is 0.125. The van der Waals surface area contributed by atoms with Crippen molar-refractivity contribution >= 4 is 11.6 Å². The first-order chi connectivity index (χ1) is 14.2. The maximum Gasteiger partial charge on any atom is 0.141 e. The van der Waals surface area contributed by atoms with Gasteiger partial charge in [-0.2, -0.15) is 0 Å². The maximum absolute atomic E-state index is 12.5. The van der Waals surface area contributed by atoms with E-state index in [0.29, 0.717) is 5.02 Å². The number of fused-ring (bicyclic) bond motifs is 2. The Morgan fingerprint density at radius 1 is 0.552 bits per heavy atom. The standard InChI is InChI=1S/C27H21ClO/c28-26-16-8-4-12-22(26)21-11-3-7-15-25(21)27(29)23-13-5-1-9-19(23)17-18-20-10-2-6-14-24(20)27/h1-16,29H,17-18H2. The summed E-state index contributed by atoms with van der Waals surface area (Å²) < 4.78 is 0. The van der Waals surface area contributed by atoms with Crippen LogP contribution < -0.4 is 0 Å². The second kappa shape index (κ2) is 7.18. The topological polar surface area (TPSA) is 20.2 Å². The smallest absolute Gasteiger partial charge is 0.141 e. The molecule has 0 amide bonds. The molecule has 0 saturated heterocycles. The minimum atomic E-state index is -1.25. The van der Waals surface area contributed by atoms with Gasteiger partial charge in [0, 0.05) is 16.1 Å². The van der Waals surface area contributed by atoms with E-state index in [4.69, 9.17) is 11.6 Å². The number of aryl methyl sites for hydroxylation is 2. The quantitative estimate of drug-likeness (QED) is 0.416. The summed E-state index contributed by atoms with van der Waals surface area (Å²) in [7, 11) is 0. The van der Waals surface area contributed by atoms with Gasteiger partial charge in [-0.1, -0.05) is 103 Å². The fourth-order valence-electron chi connectivity index (χ4n) is 4.60. The van der Waals surface area contributed by atoms with Crippen molar-refractivity contribution in [1.82, 2.24) is 0 Å². The van der Waals surface area contributed by atoms with Gasteiger partial charge in [0.05, 0.1) is 0 Å². The highest BCUT2D eigenvalue weighted by Crippen LogP contribution is 2.46. The van der Waals surface area contributed by atoms with Crippen LogP contribution in [0.1, 0.15) is 27.8 Å². The first-order valence-corrected chi connectivity index (χ1v) is 10.3. The Balaban J connectivity index is 1.87. The molecule has 0 radical (unpaired) electrons. The molecule has 1 N–H and O–H groups in total. The van der Waals surface area contributed by atoms with Gasteiger partial charge in [-0.25, -0.2) is 0 Å². The molecule has 0 aliphatic heterocycles. The molecule has 5 rings (SSSR count). The van der Waals surface area contributed by atoms with Crippen molar-refractivity contribution in [3.8, 4) is 11.1 Å². The summed E-state index contributed by atoms with van der Waals surface area (Å²) in [6.07, 6.45) is 1.81. The van der Waals surface area contributed by atoms with E-state index in [1.165, 1.54) is 11.1 Å². The second-order valence-electron chi connectivity index (χ2n) is 7.55. The molecule has 4 aromatic carbocycles. The highest BCUT2D eigenvalue weighted by Gasteiger charge is 2.40. The van der Waals surface area contributed by atoms with E-state index in [1.807, 2.05) is 60.7 Å². The molecule has 1 aliphatic carbocycles. The number of rotatable bonds is 2. The van der Waals surface area contributed by atoms with Gasteiger partial charge in [0.2, 0.25) is 0 Å². The SMILES string of the molecule is OC1(c2ccccc2-c2ccccc2Cl)c2ccccc2CCc2ccccc21. The first-order valence-electron chi connectivity index (χ1n) is 9.93. The molecule has 2 heteroatoms. The van der Waals surface area contributed by atoms with Crippen LogP contribution in [0.15, 0.2) is 97.1 Å². The van der Waals surface area contributed by atoms with Gasteiger partial charge >= 0.3 is 0 Å². The summed E-state index contributed by atoms with van der Waals surface area (Å²) in [5, 5.41) is 13.2. The van der Waals surface area contributed by atoms with Gasteiger partial charge in [0.15, 0.2) is 0 Å². The Labute approximate surface area is 176 Å². The summed E-state index contributed by atoms with van der Waals surface area (Å²) in [5.41, 5.74) is 5.74. The lowest BCUT2D eigenvalue weighted by atomic mass is 9.75. The third-order valence-electron chi connectivity index (χ3n) is 5.96. The van der Waals surface area contributed by atoms with E-state index in [9.17, 15) is 5.11 Å². The lowest BCUT2D eigenvalue weighted by Gasteiger charge is -2.33. The monoisotopic (exact) mass is 396 g/mol. The van der Waals surface area contributed by atoms with Crippen LogP contribution in [-0.2, 0) is 18.4 Å². The average molecular weight is 397 g/mol. The zero-order valence-corrected chi connectivity index (χ0v) is 16.7. The molecule has 142 valence electrons. The normalized spacial score (nSPS) is 14.6. The second-order valence-corrected chi connectivity index (χ2v) is 7.96. The number of halogens is 1. The molecule has 0 aromatic heterocycles. The van der Waals surface area contributed by atoms with Crippen molar-refractivity contribution in [2.45, 2.75) is 18.4 Å². The lowest BCUT2D eigenvalue weighted by Crippen LogP contribution is -2.31. The summed E-state index contributed by atoms with van der Waals surface area (Å²) in [4.78, 5) is 0. The molecule has 4 aromatic rings. The largest absolute Gasteiger partial charge is 0.376 e. The molecule has 0 atom stereocenters. The molecular formula is C27H21ClO. The number of aliphatic hydroxyl groups is 1. The predicted octanol–water partition coefficient (Wildman–Crippen LogP) is 6.39. The fourth-order valence-corrected chi connectivity index (χ4v) is 4.84. The molecular weight excluding hydrogens is 376 g/mol. The summed E-state index contributed by atoms with van der Waals surface area (Å²) in [6.45, 7) is 0. The number of hydrogen-bond donors (Lipinski definition) is 1. The zero-order valence-electron chi connectivity index (χ0n) is 16.0. The van der Waals surface area contributed by atoms with E-state index >= 15 is 0 Å². The van der Waals surface area contributed by atoms with E-state index in [0.717, 1.165) is 40.7 Å². The van der Waals surface area contributed by atoms with Gasteiger partial charge in [0.1, 0.15) is 5.60 Å². The number of hydrogen-bond acceptors (Lipinski definition) is 1. The van der Waals surface area contributed by atoms with Crippen LogP contribution in [0.4, 0.5) is 0 Å². The molecule has 0 fully saturated rings. The van der Waals surface area contributed by atoms with E-state index < -0.39 is 5.60 Å². The first kappa shape index (κ1) is 18.2. The van der Waals surface area contributed by atoms with Crippen LogP contribution >= 0.6 is 11.6 Å². The van der Waals surface area contributed by atoms with Crippen molar-refractivity contribution in [2.24, 2.45) is 0 Å². The molecule has 0 spiro atoms. The van der Waals surface area contributed by atoms with Crippen LogP contribution in [0.5, 0.6) is 0 Å². The summed E-state index contributed by atoms with van der Waals surface area (Å²) in [6, 6.07) is 32.4. The highest BCUT2D eigenvalue weighted by atomic mass is 35.5. The Kier molecular flexibility index (Phi) is 4.50. The van der Waals surface area contributed by atoms with Crippen molar-refractivity contribution in [1.29, 1.82) is 0 Å². The van der Waals surface area contributed by atoms with Crippen molar-refractivity contribution in [2.75, 3.05) is 0 Å². The fraction of sp³-hybridized carbons (Fsp3) is 0.111. The molecule has 29 heavy (non-hydrogen) atoms. The van der Waals surface area contributed by atoms with E-state index in [2.05, 4.69) is 36.4 Å². The Morgan fingerprint density at radius 3 is 1.59 bits per heavy atom. The van der Waals surface area contributed by atoms with Gasteiger partial charge in [0.25, 0.3) is 0 Å². The molecule has 1 aliphatic rings. The van der Waals surface area contributed by atoms with Crippen LogP contribution in [0, 0.1) is 0 Å². The summed E-state index contributed by atoms with van der Waals surface area (Å²) in [5.74, 6) is 0. The minimum Gasteiger partial charge on any atom is -0.376 e. The van der Waals surface area contributed by atoms with Gasteiger partial charge in [-0.05, 0) is 46.7 Å². The number of benzene rings is 4. The van der Waals surface area contributed by atoms with Crippen molar-refractivity contribution < 1.29 is 5.11 Å². The average Bonchev–Trinajstić information content (AvgIpc) is 2.90. The maximum atomic E-state index is 12.5. The molecule has 0 unspecified atom stereocenters. The molecule has 0 bridgehead atoms. The van der Waals surface area contributed by atoms with E-state index in [-0.39, 0.29) is 0 Å². The Hall–Kier alpha value is -2.87. The van der Waals surface area contributed by atoms with Crippen LogP contribution in [-0.4, -0.2) is 5.11 Å². The Bertz CT molecular complexity index is 1150. The molecule has 0 saturated carbocycles. The predicted molar refractivity (Wildman–Crippen MR) is 119 cm³/mol. The van der Waals surface area contributed by atoms with E-state index in [1.54, 1.807) is 0 Å². The third-order valence-corrected chi connectivity index (χ3v) is 6.29. The van der Waals surface area contributed by atoms with Crippen LogP contribution in [0.25, 0.3) is 11.1 Å². The van der Waals surface area contributed by atoms with Gasteiger partial charge in [-0.3, -0.25) is 0 Å². The van der Waals surface area contributed by atoms with Crippen molar-refractivity contribution in [3.05, 3.63) is 130 Å². The van der Waals surface area contributed by atoms with Crippen LogP contribution in [0.2, 0.25) is 5.02 Å². The Morgan fingerprint density at radius 2 is 1.00 bits per heavy atom. The molecule has 1 nitrogen and oxygen atoms in total. The third kappa shape index (κ3) is 2.90.